The molecule has 0 aromatic carbocycles. The first-order chi connectivity index (χ1) is 10.2. The maximum Gasteiger partial charge on any atom is 0.308 e. The number of rotatable bonds is 14. The van der Waals surface area contributed by atoms with Crippen molar-refractivity contribution in [3.05, 3.63) is 0 Å². The van der Waals surface area contributed by atoms with Gasteiger partial charge in [0.15, 0.2) is 0 Å². The second kappa shape index (κ2) is 15.3. The number of hydrogen-bond acceptors (Lipinski definition) is 6. The van der Waals surface area contributed by atoms with E-state index in [-0.39, 0.29) is 38.0 Å². The van der Waals surface area contributed by atoms with Gasteiger partial charge in [-0.25, -0.2) is 0 Å². The number of esters is 2. The van der Waals surface area contributed by atoms with Crippen molar-refractivity contribution >= 4 is 11.9 Å². The topological polar surface area (TPSA) is 93.1 Å². The Kier molecular flexibility index (Phi) is 14.4. The van der Waals surface area contributed by atoms with E-state index < -0.39 is 0 Å². The molecule has 0 amide bonds. The molecule has 124 valence electrons. The fourth-order valence-corrected chi connectivity index (χ4v) is 1.79. The number of carbonyl (C=O) groups is 2. The molecule has 2 N–H and O–H groups in total. The van der Waals surface area contributed by atoms with Gasteiger partial charge in [-0.2, -0.15) is 0 Å². The van der Waals surface area contributed by atoms with E-state index in [1.54, 1.807) is 0 Å². The summed E-state index contributed by atoms with van der Waals surface area (Å²) in [6.45, 7) is 0.543. The minimum atomic E-state index is -0.340. The van der Waals surface area contributed by atoms with E-state index in [1.807, 2.05) is 0 Å². The van der Waals surface area contributed by atoms with E-state index in [0.29, 0.717) is 13.2 Å². The molecule has 6 heteroatoms. The molecule has 0 saturated heterocycles. The largest absolute Gasteiger partial charge is 0.466 e. The molecule has 0 aliphatic rings. The molecule has 0 spiro atoms. The van der Waals surface area contributed by atoms with Crippen LogP contribution >= 0.6 is 0 Å². The van der Waals surface area contributed by atoms with Gasteiger partial charge in [0.25, 0.3) is 0 Å². The quantitative estimate of drug-likeness (QED) is 0.374. The van der Waals surface area contributed by atoms with Gasteiger partial charge in [-0.1, -0.05) is 32.1 Å². The van der Waals surface area contributed by atoms with Gasteiger partial charge in [0.05, 0.1) is 39.3 Å². The normalized spacial score (nSPS) is 10.4. The molecule has 0 radical (unpaired) electrons. The summed E-state index contributed by atoms with van der Waals surface area (Å²) in [5, 5.41) is 17.0. The molecule has 0 atom stereocenters. The van der Waals surface area contributed by atoms with Gasteiger partial charge in [-0.15, -0.1) is 0 Å². The van der Waals surface area contributed by atoms with Crippen LogP contribution in [0.1, 0.15) is 57.8 Å². The molecule has 0 bridgehead atoms. The number of ether oxygens (including phenoxy) is 2. The van der Waals surface area contributed by atoms with Crippen molar-refractivity contribution in [2.24, 2.45) is 0 Å². The van der Waals surface area contributed by atoms with Crippen LogP contribution in [-0.2, 0) is 19.1 Å². The van der Waals surface area contributed by atoms with E-state index >= 15 is 0 Å². The highest BCUT2D eigenvalue weighted by molar-refractivity contribution is 5.69. The van der Waals surface area contributed by atoms with Crippen molar-refractivity contribution in [2.75, 3.05) is 26.4 Å². The highest BCUT2D eigenvalue weighted by Gasteiger charge is 2.01. The predicted molar refractivity (Wildman–Crippen MR) is 77.6 cm³/mol. The highest BCUT2D eigenvalue weighted by Crippen LogP contribution is 2.07. The van der Waals surface area contributed by atoms with Gasteiger partial charge in [0.2, 0.25) is 0 Å². The predicted octanol–water partition coefficient (Wildman–Crippen LogP) is 1.57. The first kappa shape index (κ1) is 19.9. The van der Waals surface area contributed by atoms with Crippen LogP contribution < -0.4 is 0 Å². The van der Waals surface area contributed by atoms with Gasteiger partial charge >= 0.3 is 11.9 Å². The molecule has 0 aromatic rings. The van der Waals surface area contributed by atoms with Crippen LogP contribution in [0.5, 0.6) is 0 Å². The first-order valence-corrected chi connectivity index (χ1v) is 7.73. The number of aliphatic hydroxyl groups excluding tert-OH is 2. The minimum absolute atomic E-state index is 0.0723. The SMILES string of the molecule is O=C(CCO)OCCCCCCCCCOC(=O)CCO. The minimum Gasteiger partial charge on any atom is -0.466 e. The van der Waals surface area contributed by atoms with Crippen LogP contribution in [0.3, 0.4) is 0 Å². The van der Waals surface area contributed by atoms with Gasteiger partial charge in [0.1, 0.15) is 0 Å². The van der Waals surface area contributed by atoms with Gasteiger partial charge in [-0.05, 0) is 12.8 Å². The summed E-state index contributed by atoms with van der Waals surface area (Å²) < 4.78 is 9.84. The smallest absolute Gasteiger partial charge is 0.308 e. The summed E-state index contributed by atoms with van der Waals surface area (Å²) in [5.41, 5.74) is 0. The zero-order valence-electron chi connectivity index (χ0n) is 12.7. The van der Waals surface area contributed by atoms with Crippen molar-refractivity contribution < 1.29 is 29.3 Å². The second-order valence-corrected chi connectivity index (χ2v) is 4.86. The van der Waals surface area contributed by atoms with Crippen LogP contribution in [0.25, 0.3) is 0 Å². The standard InChI is InChI=1S/C15H28O6/c16-10-8-14(18)20-12-6-4-2-1-3-5-7-13-21-15(19)9-11-17/h16-17H,1-13H2. The van der Waals surface area contributed by atoms with Crippen molar-refractivity contribution in [3.63, 3.8) is 0 Å². The summed E-state index contributed by atoms with van der Waals surface area (Å²) in [6, 6.07) is 0. The summed E-state index contributed by atoms with van der Waals surface area (Å²) in [6.07, 6.45) is 7.23. The Morgan fingerprint density at radius 1 is 0.619 bits per heavy atom. The average molecular weight is 304 g/mol. The second-order valence-electron chi connectivity index (χ2n) is 4.86. The highest BCUT2D eigenvalue weighted by atomic mass is 16.5. The van der Waals surface area contributed by atoms with Crippen LogP contribution in [0.15, 0.2) is 0 Å². The van der Waals surface area contributed by atoms with Gasteiger partial charge < -0.3 is 19.7 Å². The molecule has 6 nitrogen and oxygen atoms in total. The summed E-state index contributed by atoms with van der Waals surface area (Å²) in [4.78, 5) is 21.9. The lowest BCUT2D eigenvalue weighted by molar-refractivity contribution is -0.145. The summed E-state index contributed by atoms with van der Waals surface area (Å²) >= 11 is 0. The number of unbranched alkanes of at least 4 members (excludes halogenated alkanes) is 6. The van der Waals surface area contributed by atoms with Crippen molar-refractivity contribution in [3.8, 4) is 0 Å². The molecular weight excluding hydrogens is 276 g/mol. The molecule has 0 aromatic heterocycles. The van der Waals surface area contributed by atoms with Gasteiger partial charge in [-0.3, -0.25) is 9.59 Å². The fraction of sp³-hybridized carbons (Fsp3) is 0.867. The maximum atomic E-state index is 10.9. The lowest BCUT2D eigenvalue weighted by Crippen LogP contribution is -2.07. The van der Waals surface area contributed by atoms with Crippen LogP contribution in [0.4, 0.5) is 0 Å². The van der Waals surface area contributed by atoms with Crippen molar-refractivity contribution in [2.45, 2.75) is 57.8 Å². The Morgan fingerprint density at radius 3 is 1.29 bits per heavy atom. The molecule has 0 heterocycles. The number of carbonyl (C=O) groups excluding carboxylic acids is 2. The molecule has 0 unspecified atom stereocenters. The lowest BCUT2D eigenvalue weighted by Gasteiger charge is -2.05. The third kappa shape index (κ3) is 15.1. The zero-order chi connectivity index (χ0) is 15.8. The molecule has 0 aliphatic carbocycles. The Labute approximate surface area is 126 Å². The fourth-order valence-electron chi connectivity index (χ4n) is 1.79. The van der Waals surface area contributed by atoms with E-state index in [4.69, 9.17) is 19.7 Å². The summed E-state index contributed by atoms with van der Waals surface area (Å²) in [7, 11) is 0. The van der Waals surface area contributed by atoms with E-state index in [9.17, 15) is 9.59 Å². The van der Waals surface area contributed by atoms with Gasteiger partial charge in [0, 0.05) is 0 Å². The Morgan fingerprint density at radius 2 is 0.952 bits per heavy atom. The number of aliphatic hydroxyl groups is 2. The Hall–Kier alpha value is -1.14. The Balaban J connectivity index is 3.12. The van der Waals surface area contributed by atoms with Crippen molar-refractivity contribution in [1.29, 1.82) is 0 Å². The molecule has 0 saturated carbocycles. The molecule has 21 heavy (non-hydrogen) atoms. The van der Waals surface area contributed by atoms with Crippen LogP contribution in [-0.4, -0.2) is 48.6 Å². The van der Waals surface area contributed by atoms with E-state index in [2.05, 4.69) is 0 Å². The Bertz CT molecular complexity index is 241. The average Bonchev–Trinajstić information content (AvgIpc) is 2.45. The monoisotopic (exact) mass is 304 g/mol. The molecule has 0 aliphatic heterocycles. The zero-order valence-corrected chi connectivity index (χ0v) is 12.7. The summed E-state index contributed by atoms with van der Waals surface area (Å²) in [5.74, 6) is -0.679. The molecule has 0 fully saturated rings. The first-order valence-electron chi connectivity index (χ1n) is 7.73. The molecule has 0 rings (SSSR count). The van der Waals surface area contributed by atoms with Crippen LogP contribution in [0, 0.1) is 0 Å². The molecular formula is C15H28O6. The van der Waals surface area contributed by atoms with Crippen molar-refractivity contribution in [1.82, 2.24) is 0 Å². The van der Waals surface area contributed by atoms with Crippen LogP contribution in [0.2, 0.25) is 0 Å². The maximum absolute atomic E-state index is 10.9. The number of hydrogen-bond donors (Lipinski definition) is 2. The van der Waals surface area contributed by atoms with E-state index in [1.165, 1.54) is 0 Å². The van der Waals surface area contributed by atoms with E-state index in [0.717, 1.165) is 44.9 Å². The third-order valence-electron chi connectivity index (χ3n) is 2.95. The third-order valence-corrected chi connectivity index (χ3v) is 2.95. The lowest BCUT2D eigenvalue weighted by atomic mass is 10.1.